The predicted octanol–water partition coefficient (Wildman–Crippen LogP) is 1.22. The zero-order valence-electron chi connectivity index (χ0n) is 11.0. The summed E-state index contributed by atoms with van der Waals surface area (Å²) in [6.07, 6.45) is 4.06. The molecule has 3 N–H and O–H groups in total. The van der Waals surface area contributed by atoms with Crippen LogP contribution >= 0.6 is 0 Å². The Bertz CT molecular complexity index is 397. The van der Waals surface area contributed by atoms with Gasteiger partial charge in [-0.1, -0.05) is 6.92 Å². The molecule has 1 aromatic rings. The highest BCUT2D eigenvalue weighted by Crippen LogP contribution is 2.22. The third kappa shape index (κ3) is 3.10. The molecule has 0 radical (unpaired) electrons. The fourth-order valence-electron chi connectivity index (χ4n) is 2.42. The van der Waals surface area contributed by atoms with Gasteiger partial charge in [-0.2, -0.15) is 0 Å². The zero-order valence-corrected chi connectivity index (χ0v) is 11.0. The smallest absolute Gasteiger partial charge is 0.134 e. The number of nitrogen functional groups attached to an aromatic ring is 1. The number of aliphatic hydroxyl groups is 1. The summed E-state index contributed by atoms with van der Waals surface area (Å²) in [6, 6.07) is 1.83. The van der Waals surface area contributed by atoms with Crippen LogP contribution in [0.5, 0.6) is 0 Å². The van der Waals surface area contributed by atoms with Crippen molar-refractivity contribution < 1.29 is 5.11 Å². The Morgan fingerprint density at radius 1 is 1.50 bits per heavy atom. The van der Waals surface area contributed by atoms with Crippen LogP contribution in [0.15, 0.2) is 6.07 Å². The van der Waals surface area contributed by atoms with Crippen molar-refractivity contribution in [2.24, 2.45) is 5.92 Å². The standard InChI is InChI=1S/C13H22N4O/c1-2-4-12-15-11(14)7-13(16-12)17-6-3-5-10(8-17)9-18/h7,10,18H,2-6,8-9H2,1H3,(H2,14,15,16). The van der Waals surface area contributed by atoms with Crippen LogP contribution in [-0.4, -0.2) is 34.8 Å². The van der Waals surface area contributed by atoms with Gasteiger partial charge in [0.15, 0.2) is 0 Å². The number of piperidine rings is 1. The van der Waals surface area contributed by atoms with Crippen molar-refractivity contribution in [3.05, 3.63) is 11.9 Å². The van der Waals surface area contributed by atoms with Gasteiger partial charge in [0.1, 0.15) is 17.5 Å². The first-order valence-corrected chi connectivity index (χ1v) is 6.72. The molecule has 1 aliphatic heterocycles. The van der Waals surface area contributed by atoms with Crippen LogP contribution in [0.3, 0.4) is 0 Å². The van der Waals surface area contributed by atoms with E-state index in [9.17, 15) is 5.11 Å². The highest BCUT2D eigenvalue weighted by Gasteiger charge is 2.20. The number of aliphatic hydroxyl groups excluding tert-OH is 1. The topological polar surface area (TPSA) is 75.3 Å². The quantitative estimate of drug-likeness (QED) is 0.840. The molecule has 0 aromatic carbocycles. The Labute approximate surface area is 108 Å². The first-order valence-electron chi connectivity index (χ1n) is 6.72. The highest BCUT2D eigenvalue weighted by molar-refractivity contribution is 5.47. The molecule has 0 saturated carbocycles. The molecule has 100 valence electrons. The monoisotopic (exact) mass is 250 g/mol. The van der Waals surface area contributed by atoms with Crippen molar-refractivity contribution in [2.45, 2.75) is 32.6 Å². The molecule has 2 rings (SSSR count). The maximum atomic E-state index is 9.27. The number of hydrogen-bond acceptors (Lipinski definition) is 5. The van der Waals surface area contributed by atoms with Crippen molar-refractivity contribution in [3.63, 3.8) is 0 Å². The number of nitrogens with two attached hydrogens (primary N) is 1. The molecular formula is C13H22N4O. The molecule has 0 aliphatic carbocycles. The molecule has 1 fully saturated rings. The molecule has 5 heteroatoms. The normalized spacial score (nSPS) is 20.1. The SMILES string of the molecule is CCCc1nc(N)cc(N2CCCC(CO)C2)n1. The van der Waals surface area contributed by atoms with E-state index in [1.807, 2.05) is 6.07 Å². The van der Waals surface area contributed by atoms with Crippen LogP contribution in [0.4, 0.5) is 11.6 Å². The fourth-order valence-corrected chi connectivity index (χ4v) is 2.42. The number of anilines is 2. The lowest BCUT2D eigenvalue weighted by molar-refractivity contribution is 0.208. The predicted molar refractivity (Wildman–Crippen MR) is 72.5 cm³/mol. The van der Waals surface area contributed by atoms with Gasteiger partial charge < -0.3 is 15.7 Å². The minimum absolute atomic E-state index is 0.249. The highest BCUT2D eigenvalue weighted by atomic mass is 16.3. The molecule has 18 heavy (non-hydrogen) atoms. The zero-order chi connectivity index (χ0) is 13.0. The van der Waals surface area contributed by atoms with E-state index in [0.717, 1.165) is 50.4 Å². The molecule has 5 nitrogen and oxygen atoms in total. The fraction of sp³-hybridized carbons (Fsp3) is 0.692. The first-order chi connectivity index (χ1) is 8.72. The van der Waals surface area contributed by atoms with E-state index < -0.39 is 0 Å². The minimum Gasteiger partial charge on any atom is -0.396 e. The number of rotatable bonds is 4. The average molecular weight is 250 g/mol. The molecule has 1 atom stereocenters. The van der Waals surface area contributed by atoms with Gasteiger partial charge >= 0.3 is 0 Å². The van der Waals surface area contributed by atoms with E-state index in [1.165, 1.54) is 0 Å². The third-order valence-corrected chi connectivity index (χ3v) is 3.35. The van der Waals surface area contributed by atoms with Crippen molar-refractivity contribution >= 4 is 11.6 Å². The van der Waals surface area contributed by atoms with E-state index in [2.05, 4.69) is 21.8 Å². The third-order valence-electron chi connectivity index (χ3n) is 3.35. The van der Waals surface area contributed by atoms with Crippen LogP contribution in [-0.2, 0) is 6.42 Å². The van der Waals surface area contributed by atoms with Crippen LogP contribution in [0.25, 0.3) is 0 Å². The second-order valence-corrected chi connectivity index (χ2v) is 4.95. The van der Waals surface area contributed by atoms with Gasteiger partial charge in [0.25, 0.3) is 0 Å². The molecule has 1 saturated heterocycles. The van der Waals surface area contributed by atoms with E-state index in [-0.39, 0.29) is 6.61 Å². The van der Waals surface area contributed by atoms with Crippen LogP contribution < -0.4 is 10.6 Å². The number of hydrogen-bond donors (Lipinski definition) is 2. The van der Waals surface area contributed by atoms with Crippen molar-refractivity contribution in [3.8, 4) is 0 Å². The van der Waals surface area contributed by atoms with Crippen LogP contribution in [0, 0.1) is 5.92 Å². The number of aromatic nitrogens is 2. The summed E-state index contributed by atoms with van der Waals surface area (Å²) in [5.41, 5.74) is 5.84. The summed E-state index contributed by atoms with van der Waals surface area (Å²) < 4.78 is 0. The molecule has 1 aliphatic rings. The number of nitrogens with zero attached hydrogens (tertiary/aromatic N) is 3. The lowest BCUT2D eigenvalue weighted by Crippen LogP contribution is -2.37. The summed E-state index contributed by atoms with van der Waals surface area (Å²) in [5.74, 6) is 2.61. The van der Waals surface area contributed by atoms with E-state index in [1.54, 1.807) is 0 Å². The molecule has 0 amide bonds. The van der Waals surface area contributed by atoms with Crippen LogP contribution in [0.1, 0.15) is 32.0 Å². The largest absolute Gasteiger partial charge is 0.396 e. The second-order valence-electron chi connectivity index (χ2n) is 4.95. The number of aryl methyl sites for hydroxylation is 1. The second kappa shape index (κ2) is 6.00. The molecule has 0 spiro atoms. The van der Waals surface area contributed by atoms with Gasteiger partial charge in [-0.05, 0) is 25.2 Å². The Balaban J connectivity index is 2.16. The lowest BCUT2D eigenvalue weighted by atomic mass is 9.99. The Morgan fingerprint density at radius 3 is 3.06 bits per heavy atom. The molecule has 1 unspecified atom stereocenters. The summed E-state index contributed by atoms with van der Waals surface area (Å²) in [4.78, 5) is 11.0. The maximum Gasteiger partial charge on any atom is 0.134 e. The lowest BCUT2D eigenvalue weighted by Gasteiger charge is -2.32. The van der Waals surface area contributed by atoms with E-state index in [0.29, 0.717) is 11.7 Å². The van der Waals surface area contributed by atoms with Crippen molar-refractivity contribution in [1.29, 1.82) is 0 Å². The maximum absolute atomic E-state index is 9.27. The molecule has 1 aromatic heterocycles. The molecule has 0 bridgehead atoms. The van der Waals surface area contributed by atoms with Crippen molar-refractivity contribution in [2.75, 3.05) is 30.3 Å². The van der Waals surface area contributed by atoms with E-state index in [4.69, 9.17) is 5.73 Å². The summed E-state index contributed by atoms with van der Waals surface area (Å²) in [5, 5.41) is 9.27. The molecule has 2 heterocycles. The van der Waals surface area contributed by atoms with Gasteiger partial charge in [-0.15, -0.1) is 0 Å². The summed E-state index contributed by atoms with van der Waals surface area (Å²) in [7, 11) is 0. The van der Waals surface area contributed by atoms with Gasteiger partial charge in [0.05, 0.1) is 0 Å². The summed E-state index contributed by atoms with van der Waals surface area (Å²) in [6.45, 7) is 4.20. The minimum atomic E-state index is 0.249. The Hall–Kier alpha value is -1.36. The van der Waals surface area contributed by atoms with Gasteiger partial charge in [-0.25, -0.2) is 9.97 Å². The molecular weight excluding hydrogens is 228 g/mol. The summed E-state index contributed by atoms with van der Waals surface area (Å²) >= 11 is 0. The van der Waals surface area contributed by atoms with E-state index >= 15 is 0 Å². The van der Waals surface area contributed by atoms with Gasteiger partial charge in [0.2, 0.25) is 0 Å². The average Bonchev–Trinajstić information content (AvgIpc) is 2.38. The Morgan fingerprint density at radius 2 is 2.33 bits per heavy atom. The van der Waals surface area contributed by atoms with Gasteiger partial charge in [0, 0.05) is 32.2 Å². The van der Waals surface area contributed by atoms with Gasteiger partial charge in [-0.3, -0.25) is 0 Å². The van der Waals surface area contributed by atoms with Crippen molar-refractivity contribution in [1.82, 2.24) is 9.97 Å². The Kier molecular flexibility index (Phi) is 4.36. The first kappa shape index (κ1) is 13.1. The van der Waals surface area contributed by atoms with Crippen LogP contribution in [0.2, 0.25) is 0 Å².